The zero-order valence-corrected chi connectivity index (χ0v) is 19.1. The van der Waals surface area contributed by atoms with E-state index in [1.807, 2.05) is 0 Å². The maximum absolute atomic E-state index is 6.12. The molecule has 0 aliphatic heterocycles. The van der Waals surface area contributed by atoms with Gasteiger partial charge in [0.1, 0.15) is 18.1 Å². The van der Waals surface area contributed by atoms with E-state index in [-0.39, 0.29) is 0 Å². The molecule has 1 aliphatic carbocycles. The first-order valence-corrected chi connectivity index (χ1v) is 11.8. The second-order valence-electron chi connectivity index (χ2n) is 8.69. The molecule has 3 aromatic rings. The number of benzene rings is 3. The SMILES string of the molecule is CCCCOc1ccc(C)cc1-c1ccc(COc2ccc3c(c2)CCC3CC)cc1. The zero-order valence-electron chi connectivity index (χ0n) is 19.1. The van der Waals surface area contributed by atoms with E-state index >= 15 is 0 Å². The first-order valence-electron chi connectivity index (χ1n) is 11.8. The monoisotopic (exact) mass is 414 g/mol. The Morgan fingerprint density at radius 1 is 0.903 bits per heavy atom. The van der Waals surface area contributed by atoms with Crippen LogP contribution < -0.4 is 9.47 Å². The number of ether oxygens (including phenoxy) is 2. The minimum absolute atomic E-state index is 0.587. The third-order valence-corrected chi connectivity index (χ3v) is 6.37. The van der Waals surface area contributed by atoms with E-state index in [1.54, 1.807) is 0 Å². The maximum Gasteiger partial charge on any atom is 0.127 e. The molecule has 0 N–H and O–H groups in total. The summed E-state index contributed by atoms with van der Waals surface area (Å²) in [6.07, 6.45) is 5.90. The maximum atomic E-state index is 6.12. The van der Waals surface area contributed by atoms with Gasteiger partial charge in [0.25, 0.3) is 0 Å². The van der Waals surface area contributed by atoms with Crippen molar-refractivity contribution >= 4 is 0 Å². The van der Waals surface area contributed by atoms with Crippen molar-refractivity contribution in [3.63, 3.8) is 0 Å². The molecule has 1 aliphatic rings. The van der Waals surface area contributed by atoms with Gasteiger partial charge in [-0.25, -0.2) is 0 Å². The molecule has 0 saturated heterocycles. The van der Waals surface area contributed by atoms with Gasteiger partial charge < -0.3 is 9.47 Å². The van der Waals surface area contributed by atoms with Gasteiger partial charge in [-0.3, -0.25) is 0 Å². The molecule has 162 valence electrons. The van der Waals surface area contributed by atoms with Crippen LogP contribution in [0.2, 0.25) is 0 Å². The van der Waals surface area contributed by atoms with Crippen molar-refractivity contribution in [3.8, 4) is 22.6 Å². The smallest absolute Gasteiger partial charge is 0.127 e. The Morgan fingerprint density at radius 3 is 2.52 bits per heavy atom. The molecule has 3 aromatic carbocycles. The Balaban J connectivity index is 1.43. The average molecular weight is 415 g/mol. The van der Waals surface area contributed by atoms with Crippen molar-refractivity contribution in [2.75, 3.05) is 6.61 Å². The van der Waals surface area contributed by atoms with Crippen molar-refractivity contribution < 1.29 is 9.47 Å². The van der Waals surface area contributed by atoms with E-state index in [2.05, 4.69) is 81.4 Å². The highest BCUT2D eigenvalue weighted by molar-refractivity contribution is 5.71. The molecule has 4 rings (SSSR count). The van der Waals surface area contributed by atoms with Crippen molar-refractivity contribution in [1.82, 2.24) is 0 Å². The third kappa shape index (κ3) is 5.12. The van der Waals surface area contributed by atoms with Crippen LogP contribution in [0.5, 0.6) is 11.5 Å². The number of rotatable bonds is 9. The van der Waals surface area contributed by atoms with Gasteiger partial charge in [0.05, 0.1) is 6.61 Å². The van der Waals surface area contributed by atoms with Crippen LogP contribution in [0.1, 0.15) is 67.7 Å². The fourth-order valence-corrected chi connectivity index (χ4v) is 4.46. The molecule has 0 radical (unpaired) electrons. The van der Waals surface area contributed by atoms with E-state index in [0.29, 0.717) is 6.61 Å². The van der Waals surface area contributed by atoms with E-state index in [1.165, 1.54) is 47.1 Å². The number of aryl methyl sites for hydroxylation is 2. The van der Waals surface area contributed by atoms with Gasteiger partial charge in [0.2, 0.25) is 0 Å². The summed E-state index contributed by atoms with van der Waals surface area (Å²) in [6.45, 7) is 7.94. The quantitative estimate of drug-likeness (QED) is 0.332. The van der Waals surface area contributed by atoms with E-state index in [9.17, 15) is 0 Å². The van der Waals surface area contributed by atoms with Crippen molar-refractivity contribution in [1.29, 1.82) is 0 Å². The summed E-state index contributed by atoms with van der Waals surface area (Å²) < 4.78 is 12.2. The summed E-state index contributed by atoms with van der Waals surface area (Å²) in [6, 6.07) is 21.7. The van der Waals surface area contributed by atoms with E-state index in [0.717, 1.165) is 42.4 Å². The van der Waals surface area contributed by atoms with Gasteiger partial charge in [-0.1, -0.05) is 62.2 Å². The number of hydrogen-bond acceptors (Lipinski definition) is 2. The van der Waals surface area contributed by atoms with E-state index < -0.39 is 0 Å². The fourth-order valence-electron chi connectivity index (χ4n) is 4.46. The fraction of sp³-hybridized carbons (Fsp3) is 0.379. The Kier molecular flexibility index (Phi) is 6.96. The van der Waals surface area contributed by atoms with Crippen molar-refractivity contribution in [2.24, 2.45) is 0 Å². The molecule has 0 saturated carbocycles. The molecule has 1 atom stereocenters. The lowest BCUT2D eigenvalue weighted by Crippen LogP contribution is -1.99. The number of unbranched alkanes of at least 4 members (excludes halogenated alkanes) is 1. The molecule has 0 aromatic heterocycles. The molecular formula is C29H34O2. The predicted molar refractivity (Wildman–Crippen MR) is 129 cm³/mol. The highest BCUT2D eigenvalue weighted by atomic mass is 16.5. The third-order valence-electron chi connectivity index (χ3n) is 6.37. The molecule has 0 amide bonds. The molecule has 2 nitrogen and oxygen atoms in total. The first-order chi connectivity index (χ1) is 15.2. The lowest BCUT2D eigenvalue weighted by Gasteiger charge is -2.13. The first kappa shape index (κ1) is 21.5. The predicted octanol–water partition coefficient (Wildman–Crippen LogP) is 7.86. The summed E-state index contributed by atoms with van der Waals surface area (Å²) in [5.41, 5.74) is 7.75. The second kappa shape index (κ2) is 10.0. The van der Waals surface area contributed by atoms with Crippen LogP contribution in [0.15, 0.2) is 60.7 Å². The molecule has 2 heteroatoms. The molecule has 1 unspecified atom stereocenters. The van der Waals surface area contributed by atoms with Crippen molar-refractivity contribution in [3.05, 3.63) is 82.9 Å². The Morgan fingerprint density at radius 2 is 1.74 bits per heavy atom. The summed E-state index contributed by atoms with van der Waals surface area (Å²) in [4.78, 5) is 0. The lowest BCUT2D eigenvalue weighted by molar-refractivity contribution is 0.306. The largest absolute Gasteiger partial charge is 0.493 e. The lowest BCUT2D eigenvalue weighted by atomic mass is 9.99. The molecule has 0 bridgehead atoms. The topological polar surface area (TPSA) is 18.5 Å². The molecule has 0 spiro atoms. The zero-order chi connectivity index (χ0) is 21.6. The summed E-state index contributed by atoms with van der Waals surface area (Å²) >= 11 is 0. The van der Waals surface area contributed by atoms with Gasteiger partial charge in [-0.2, -0.15) is 0 Å². The van der Waals surface area contributed by atoms with Crippen LogP contribution in [0.4, 0.5) is 0 Å². The second-order valence-corrected chi connectivity index (χ2v) is 8.69. The minimum atomic E-state index is 0.587. The molecular weight excluding hydrogens is 380 g/mol. The van der Waals surface area contributed by atoms with Crippen LogP contribution in [0.25, 0.3) is 11.1 Å². The molecule has 31 heavy (non-hydrogen) atoms. The van der Waals surface area contributed by atoms with Crippen LogP contribution in [0.3, 0.4) is 0 Å². The van der Waals surface area contributed by atoms with Gasteiger partial charge in [0, 0.05) is 5.56 Å². The Labute approximate surface area is 187 Å². The van der Waals surface area contributed by atoms with Crippen molar-refractivity contribution in [2.45, 2.75) is 65.4 Å². The summed E-state index contributed by atoms with van der Waals surface area (Å²) in [5.74, 6) is 2.67. The van der Waals surface area contributed by atoms with Gasteiger partial charge in [0.15, 0.2) is 0 Å². The average Bonchev–Trinajstić information content (AvgIpc) is 3.21. The van der Waals surface area contributed by atoms with Crippen LogP contribution in [-0.4, -0.2) is 6.61 Å². The standard InChI is InChI=1S/C29H34O2/c1-4-6-17-30-29-16-7-21(3)18-28(29)24-10-8-22(9-11-24)20-31-26-14-15-27-23(5-2)12-13-25(27)19-26/h7-11,14-16,18-19,23H,4-6,12-13,17,20H2,1-3H3. The molecule has 0 heterocycles. The van der Waals surface area contributed by atoms with Gasteiger partial charge >= 0.3 is 0 Å². The van der Waals surface area contributed by atoms with Crippen LogP contribution >= 0.6 is 0 Å². The normalized spacial score (nSPS) is 15.0. The van der Waals surface area contributed by atoms with Crippen LogP contribution in [-0.2, 0) is 13.0 Å². The summed E-state index contributed by atoms with van der Waals surface area (Å²) in [7, 11) is 0. The minimum Gasteiger partial charge on any atom is -0.493 e. The van der Waals surface area contributed by atoms with E-state index in [4.69, 9.17) is 9.47 Å². The highest BCUT2D eigenvalue weighted by Gasteiger charge is 2.21. The van der Waals surface area contributed by atoms with Crippen LogP contribution in [0, 0.1) is 6.92 Å². The summed E-state index contributed by atoms with van der Waals surface area (Å²) in [5, 5.41) is 0. The Hall–Kier alpha value is -2.74. The number of fused-ring (bicyclic) bond motifs is 1. The van der Waals surface area contributed by atoms with Gasteiger partial charge in [-0.05, 0) is 85.0 Å². The molecule has 0 fully saturated rings. The van der Waals surface area contributed by atoms with Gasteiger partial charge in [-0.15, -0.1) is 0 Å². The number of hydrogen-bond donors (Lipinski definition) is 0. The Bertz CT molecular complexity index is 1000. The highest BCUT2D eigenvalue weighted by Crippen LogP contribution is 2.37.